The Balaban J connectivity index is 1.64. The van der Waals surface area contributed by atoms with E-state index in [1.165, 1.54) is 17.5 Å². The fraction of sp³-hybridized carbons (Fsp3) is 0.250. The zero-order valence-electron chi connectivity index (χ0n) is 13.9. The number of hydrogen-bond acceptors (Lipinski definition) is 1. The Hall–Kier alpha value is -2.62. The minimum atomic E-state index is -0.265. The number of para-hydroxylation sites is 1. The summed E-state index contributed by atoms with van der Waals surface area (Å²) in [5.41, 5.74) is 3.18. The van der Waals surface area contributed by atoms with Gasteiger partial charge in [0.05, 0.1) is 6.04 Å². The summed E-state index contributed by atoms with van der Waals surface area (Å²) in [5, 5.41) is 1.17. The van der Waals surface area contributed by atoms with Crippen molar-refractivity contribution in [3.05, 3.63) is 71.7 Å². The standard InChI is InChI=1S/C20H21FN2O/c1-14(15-7-10-17(21)11-8-15)23(2)20(24)12-9-16-13-22-19-6-4-3-5-18(16)19/h3-8,10-11,13-14,22H,9,12H2,1-2H3. The SMILES string of the molecule is CC(c1ccc(F)cc1)N(C)C(=O)CCc1c[nH]c2ccccc12. The predicted octanol–water partition coefficient (Wildman–Crippen LogP) is 4.46. The second kappa shape index (κ2) is 6.87. The number of fused-ring (bicyclic) bond motifs is 1. The van der Waals surface area contributed by atoms with E-state index in [4.69, 9.17) is 0 Å². The van der Waals surface area contributed by atoms with E-state index in [9.17, 15) is 9.18 Å². The van der Waals surface area contributed by atoms with Crippen LogP contribution >= 0.6 is 0 Å². The number of aryl methyl sites for hydroxylation is 1. The number of nitrogens with one attached hydrogen (secondary N) is 1. The van der Waals surface area contributed by atoms with Crippen molar-refractivity contribution in [2.45, 2.75) is 25.8 Å². The third kappa shape index (κ3) is 3.32. The van der Waals surface area contributed by atoms with E-state index < -0.39 is 0 Å². The van der Waals surface area contributed by atoms with Gasteiger partial charge in [-0.1, -0.05) is 30.3 Å². The number of carbonyl (C=O) groups is 1. The molecule has 0 fully saturated rings. The number of benzene rings is 2. The number of aromatic nitrogens is 1. The van der Waals surface area contributed by atoms with Crippen molar-refractivity contribution in [1.29, 1.82) is 0 Å². The fourth-order valence-electron chi connectivity index (χ4n) is 2.94. The van der Waals surface area contributed by atoms with Gasteiger partial charge in [0.1, 0.15) is 5.82 Å². The molecule has 0 radical (unpaired) electrons. The quantitative estimate of drug-likeness (QED) is 0.739. The van der Waals surface area contributed by atoms with Gasteiger partial charge in [0.15, 0.2) is 0 Å². The molecule has 4 heteroatoms. The predicted molar refractivity (Wildman–Crippen MR) is 94.2 cm³/mol. The molecule has 1 atom stereocenters. The van der Waals surface area contributed by atoms with Crippen LogP contribution in [0.1, 0.15) is 30.5 Å². The lowest BCUT2D eigenvalue weighted by molar-refractivity contribution is -0.131. The lowest BCUT2D eigenvalue weighted by Gasteiger charge is -2.25. The van der Waals surface area contributed by atoms with Gasteiger partial charge in [0, 0.05) is 30.6 Å². The normalized spacial score (nSPS) is 12.3. The monoisotopic (exact) mass is 324 g/mol. The summed E-state index contributed by atoms with van der Waals surface area (Å²) in [5.74, 6) is -0.184. The first kappa shape index (κ1) is 16.2. The number of amides is 1. The minimum absolute atomic E-state index is 0.0807. The van der Waals surface area contributed by atoms with E-state index >= 15 is 0 Å². The molecule has 1 heterocycles. The van der Waals surface area contributed by atoms with Crippen molar-refractivity contribution in [3.63, 3.8) is 0 Å². The van der Waals surface area contributed by atoms with Gasteiger partial charge in [-0.3, -0.25) is 4.79 Å². The molecule has 1 amide bonds. The Labute approximate surface area is 141 Å². The van der Waals surface area contributed by atoms with Crippen molar-refractivity contribution >= 4 is 16.8 Å². The molecule has 3 rings (SSSR count). The lowest BCUT2D eigenvalue weighted by Crippen LogP contribution is -2.29. The average Bonchev–Trinajstić information content (AvgIpc) is 3.02. The van der Waals surface area contributed by atoms with Crippen LogP contribution in [0.4, 0.5) is 4.39 Å². The largest absolute Gasteiger partial charge is 0.361 e. The Morgan fingerprint density at radius 2 is 1.88 bits per heavy atom. The fourth-order valence-corrected chi connectivity index (χ4v) is 2.94. The van der Waals surface area contributed by atoms with Gasteiger partial charge in [0.2, 0.25) is 5.91 Å². The number of hydrogen-bond donors (Lipinski definition) is 1. The highest BCUT2D eigenvalue weighted by molar-refractivity contribution is 5.84. The van der Waals surface area contributed by atoms with Crippen LogP contribution in [0.5, 0.6) is 0 Å². The molecule has 0 aliphatic carbocycles. The number of carbonyl (C=O) groups excluding carboxylic acids is 1. The number of halogens is 1. The zero-order chi connectivity index (χ0) is 17.1. The second-order valence-electron chi connectivity index (χ2n) is 6.09. The highest BCUT2D eigenvalue weighted by atomic mass is 19.1. The minimum Gasteiger partial charge on any atom is -0.361 e. The maximum atomic E-state index is 13.0. The number of H-pyrrole nitrogens is 1. The van der Waals surface area contributed by atoms with Crippen LogP contribution < -0.4 is 0 Å². The molecule has 3 nitrogen and oxygen atoms in total. The van der Waals surface area contributed by atoms with Crippen molar-refractivity contribution in [1.82, 2.24) is 9.88 Å². The van der Waals surface area contributed by atoms with Crippen LogP contribution in [-0.4, -0.2) is 22.8 Å². The summed E-state index contributed by atoms with van der Waals surface area (Å²) in [4.78, 5) is 17.5. The molecular formula is C20H21FN2O. The summed E-state index contributed by atoms with van der Waals surface area (Å²) < 4.78 is 13.0. The zero-order valence-corrected chi connectivity index (χ0v) is 13.9. The van der Waals surface area contributed by atoms with Gasteiger partial charge in [-0.25, -0.2) is 4.39 Å². The smallest absolute Gasteiger partial charge is 0.223 e. The third-order valence-corrected chi connectivity index (χ3v) is 4.61. The highest BCUT2D eigenvalue weighted by Gasteiger charge is 2.17. The summed E-state index contributed by atoms with van der Waals surface area (Å²) in [6.07, 6.45) is 3.12. The summed E-state index contributed by atoms with van der Waals surface area (Å²) in [6, 6.07) is 14.3. The maximum Gasteiger partial charge on any atom is 0.223 e. The summed E-state index contributed by atoms with van der Waals surface area (Å²) in [7, 11) is 1.80. The molecule has 24 heavy (non-hydrogen) atoms. The second-order valence-corrected chi connectivity index (χ2v) is 6.09. The molecule has 0 aliphatic rings. The first-order chi connectivity index (χ1) is 11.6. The number of nitrogens with zero attached hydrogens (tertiary/aromatic N) is 1. The molecule has 124 valence electrons. The Kier molecular flexibility index (Phi) is 4.65. The molecule has 3 aromatic rings. The molecule has 0 spiro atoms. The van der Waals surface area contributed by atoms with E-state index in [-0.39, 0.29) is 17.8 Å². The van der Waals surface area contributed by atoms with E-state index in [0.29, 0.717) is 12.8 Å². The van der Waals surface area contributed by atoms with Crippen molar-refractivity contribution < 1.29 is 9.18 Å². The van der Waals surface area contributed by atoms with Gasteiger partial charge in [-0.2, -0.15) is 0 Å². The average molecular weight is 324 g/mol. The summed E-state index contributed by atoms with van der Waals surface area (Å²) in [6.45, 7) is 1.96. The topological polar surface area (TPSA) is 36.1 Å². The molecular weight excluding hydrogens is 303 g/mol. The molecule has 0 saturated carbocycles. The lowest BCUT2D eigenvalue weighted by atomic mass is 10.1. The molecule has 1 unspecified atom stereocenters. The van der Waals surface area contributed by atoms with Gasteiger partial charge in [-0.05, 0) is 42.7 Å². The molecule has 0 bridgehead atoms. The first-order valence-corrected chi connectivity index (χ1v) is 8.12. The van der Waals surface area contributed by atoms with Crippen molar-refractivity contribution in [2.75, 3.05) is 7.05 Å². The first-order valence-electron chi connectivity index (χ1n) is 8.12. The van der Waals surface area contributed by atoms with Crippen LogP contribution in [0.3, 0.4) is 0 Å². The van der Waals surface area contributed by atoms with E-state index in [1.807, 2.05) is 31.3 Å². The van der Waals surface area contributed by atoms with E-state index in [2.05, 4.69) is 11.1 Å². The Morgan fingerprint density at radius 3 is 2.62 bits per heavy atom. The third-order valence-electron chi connectivity index (χ3n) is 4.61. The highest BCUT2D eigenvalue weighted by Crippen LogP contribution is 2.22. The van der Waals surface area contributed by atoms with E-state index in [1.54, 1.807) is 24.1 Å². The molecule has 1 aromatic heterocycles. The van der Waals surface area contributed by atoms with Crippen LogP contribution in [0.2, 0.25) is 0 Å². The maximum absolute atomic E-state index is 13.0. The van der Waals surface area contributed by atoms with Crippen molar-refractivity contribution in [3.8, 4) is 0 Å². The number of aromatic amines is 1. The van der Waals surface area contributed by atoms with Crippen LogP contribution in [0.25, 0.3) is 10.9 Å². The molecule has 0 aliphatic heterocycles. The molecule has 0 saturated heterocycles. The van der Waals surface area contributed by atoms with Gasteiger partial charge in [0.25, 0.3) is 0 Å². The van der Waals surface area contributed by atoms with Crippen LogP contribution in [0, 0.1) is 5.82 Å². The molecule has 2 aromatic carbocycles. The van der Waals surface area contributed by atoms with Gasteiger partial charge >= 0.3 is 0 Å². The Bertz CT molecular complexity index is 838. The van der Waals surface area contributed by atoms with Crippen LogP contribution in [-0.2, 0) is 11.2 Å². The van der Waals surface area contributed by atoms with Gasteiger partial charge < -0.3 is 9.88 Å². The summed E-state index contributed by atoms with van der Waals surface area (Å²) >= 11 is 0. The number of rotatable bonds is 5. The van der Waals surface area contributed by atoms with Crippen molar-refractivity contribution in [2.24, 2.45) is 0 Å². The van der Waals surface area contributed by atoms with Gasteiger partial charge in [-0.15, -0.1) is 0 Å². The van der Waals surface area contributed by atoms with Crippen LogP contribution in [0.15, 0.2) is 54.7 Å². The van der Waals surface area contributed by atoms with E-state index in [0.717, 1.165) is 16.6 Å². The Morgan fingerprint density at radius 1 is 1.17 bits per heavy atom. The molecule has 1 N–H and O–H groups in total.